The standard InChI is InChI=1S/C28H39ClN10O4/c1-5-32-27(41)17-12-18-19(13-20(17)43-15-21(40)34-16-8-10-37(4)11-9-16)39(7-3)22(38(18)6-2)14-33-28(42)23-25(30)36-26(31)24(29)35-23/h12-13,16H,5-11,14-15H2,1-4H3,(H6-,30,31,32,33,34,36,40,41,42)/p+1. The molecule has 0 bridgehead atoms. The Morgan fingerprint density at radius 1 is 1.07 bits per heavy atom. The van der Waals surface area contributed by atoms with Crippen LogP contribution in [0.15, 0.2) is 12.1 Å². The molecule has 1 fully saturated rings. The van der Waals surface area contributed by atoms with Crippen molar-refractivity contribution < 1.29 is 23.7 Å². The summed E-state index contributed by atoms with van der Waals surface area (Å²) >= 11 is 5.96. The molecule has 1 aromatic carbocycles. The van der Waals surface area contributed by atoms with Gasteiger partial charge in [0.15, 0.2) is 40.1 Å². The molecule has 232 valence electrons. The summed E-state index contributed by atoms with van der Waals surface area (Å²) in [5.41, 5.74) is 13.2. The average Bonchev–Trinajstić information content (AvgIpc) is 3.28. The number of benzene rings is 1. The maximum atomic E-state index is 13.1. The zero-order chi connectivity index (χ0) is 31.3. The van der Waals surface area contributed by atoms with Crippen LogP contribution in [0.25, 0.3) is 11.0 Å². The Kier molecular flexibility index (Phi) is 10.2. The second-order valence-corrected chi connectivity index (χ2v) is 10.7. The molecule has 0 saturated carbocycles. The number of amides is 3. The minimum atomic E-state index is -0.565. The number of nitrogens with one attached hydrogen (secondary N) is 3. The first-order valence-corrected chi connectivity index (χ1v) is 14.8. The third-order valence-electron chi connectivity index (χ3n) is 7.47. The number of imidazole rings is 1. The summed E-state index contributed by atoms with van der Waals surface area (Å²) in [6.07, 6.45) is 1.76. The number of nitrogens with two attached hydrogens (primary N) is 2. The monoisotopic (exact) mass is 615 g/mol. The molecule has 3 amide bonds. The SMILES string of the molecule is CCNC(=O)c1cc2c(cc1OCC(=O)NC1CCN(C)CC1)n(CC)c(CNC(=O)c1nc(Cl)c(N)nc1N)[n+]2CC. The fourth-order valence-electron chi connectivity index (χ4n) is 5.28. The van der Waals surface area contributed by atoms with Gasteiger partial charge < -0.3 is 37.1 Å². The van der Waals surface area contributed by atoms with E-state index in [4.69, 9.17) is 27.8 Å². The number of halogens is 1. The molecule has 14 nitrogen and oxygen atoms in total. The van der Waals surface area contributed by atoms with Crippen LogP contribution in [-0.2, 0) is 24.4 Å². The number of aryl methyl sites for hydroxylation is 2. The van der Waals surface area contributed by atoms with Gasteiger partial charge >= 0.3 is 0 Å². The van der Waals surface area contributed by atoms with Crippen molar-refractivity contribution in [1.82, 2.24) is 35.4 Å². The number of ether oxygens (including phenoxy) is 1. The summed E-state index contributed by atoms with van der Waals surface area (Å²) < 4.78 is 10.00. The molecule has 1 aliphatic heterocycles. The van der Waals surface area contributed by atoms with Crippen molar-refractivity contribution in [2.45, 2.75) is 59.3 Å². The molecule has 1 saturated heterocycles. The Bertz CT molecular complexity index is 1520. The zero-order valence-corrected chi connectivity index (χ0v) is 25.8. The second kappa shape index (κ2) is 13.9. The van der Waals surface area contributed by atoms with Crippen LogP contribution < -0.4 is 36.7 Å². The number of hydrogen-bond acceptors (Lipinski definition) is 9. The molecule has 7 N–H and O–H groups in total. The third-order valence-corrected chi connectivity index (χ3v) is 7.74. The Morgan fingerprint density at radius 2 is 1.79 bits per heavy atom. The van der Waals surface area contributed by atoms with Crippen LogP contribution in [0.1, 0.15) is 60.3 Å². The minimum absolute atomic E-state index is 0.0640. The molecule has 0 spiro atoms. The summed E-state index contributed by atoms with van der Waals surface area (Å²) in [7, 11) is 2.06. The van der Waals surface area contributed by atoms with E-state index in [1.54, 1.807) is 12.1 Å². The lowest BCUT2D eigenvalue weighted by Gasteiger charge is -2.29. The molecule has 0 unspecified atom stereocenters. The van der Waals surface area contributed by atoms with Gasteiger partial charge in [0.1, 0.15) is 12.3 Å². The second-order valence-electron chi connectivity index (χ2n) is 10.4. The molecular formula is C28H40ClN10O4+. The van der Waals surface area contributed by atoms with E-state index in [1.165, 1.54) is 0 Å². The molecule has 43 heavy (non-hydrogen) atoms. The highest BCUT2D eigenvalue weighted by atomic mass is 35.5. The van der Waals surface area contributed by atoms with Gasteiger partial charge in [-0.05, 0) is 53.8 Å². The van der Waals surface area contributed by atoms with E-state index in [9.17, 15) is 14.4 Å². The lowest BCUT2D eigenvalue weighted by Crippen LogP contribution is -2.44. The van der Waals surface area contributed by atoms with Crippen molar-refractivity contribution in [3.63, 3.8) is 0 Å². The highest BCUT2D eigenvalue weighted by molar-refractivity contribution is 6.31. The maximum Gasteiger partial charge on any atom is 0.277 e. The Labute approximate surface area is 255 Å². The molecule has 4 rings (SSSR count). The lowest BCUT2D eigenvalue weighted by molar-refractivity contribution is -0.676. The number of carbonyl (C=O) groups excluding carboxylic acids is 3. The number of fused-ring (bicyclic) bond motifs is 1. The number of hydrogen-bond donors (Lipinski definition) is 5. The minimum Gasteiger partial charge on any atom is -0.483 e. The van der Waals surface area contributed by atoms with Gasteiger partial charge in [-0.2, -0.15) is 0 Å². The molecule has 0 atom stereocenters. The quantitative estimate of drug-likeness (QED) is 0.195. The first-order chi connectivity index (χ1) is 20.6. The summed E-state index contributed by atoms with van der Waals surface area (Å²) in [4.78, 5) is 48.9. The average molecular weight is 616 g/mol. The first kappa shape index (κ1) is 31.8. The number of anilines is 2. The fraction of sp³-hybridized carbons (Fsp3) is 0.500. The molecule has 3 heterocycles. The molecule has 0 aliphatic carbocycles. The van der Waals surface area contributed by atoms with Crippen molar-refractivity contribution in [2.75, 3.05) is 44.8 Å². The predicted octanol–water partition coefficient (Wildman–Crippen LogP) is 0.845. The van der Waals surface area contributed by atoms with E-state index >= 15 is 0 Å². The Morgan fingerprint density at radius 3 is 2.44 bits per heavy atom. The van der Waals surface area contributed by atoms with Crippen LogP contribution in [-0.4, -0.2) is 76.5 Å². The smallest absolute Gasteiger partial charge is 0.277 e. The highest BCUT2D eigenvalue weighted by Gasteiger charge is 2.28. The van der Waals surface area contributed by atoms with E-state index in [2.05, 4.69) is 37.9 Å². The number of rotatable bonds is 11. The van der Waals surface area contributed by atoms with Crippen molar-refractivity contribution in [3.05, 3.63) is 34.4 Å². The third kappa shape index (κ3) is 7.08. The van der Waals surface area contributed by atoms with E-state index in [0.29, 0.717) is 30.9 Å². The molecule has 1 aliphatic rings. The first-order valence-electron chi connectivity index (χ1n) is 14.4. The van der Waals surface area contributed by atoms with Crippen LogP contribution in [0.3, 0.4) is 0 Å². The summed E-state index contributed by atoms with van der Waals surface area (Å²) in [6.45, 7) is 9.05. The fourth-order valence-corrected chi connectivity index (χ4v) is 5.41. The summed E-state index contributed by atoms with van der Waals surface area (Å²) in [6, 6.07) is 3.63. The number of nitrogen functional groups attached to an aromatic ring is 2. The van der Waals surface area contributed by atoms with Gasteiger partial charge in [0.25, 0.3) is 23.5 Å². The normalized spacial score (nSPS) is 14.1. The molecule has 0 radical (unpaired) electrons. The molecule has 15 heteroatoms. The Balaban J connectivity index is 1.63. The zero-order valence-electron chi connectivity index (χ0n) is 25.0. The van der Waals surface area contributed by atoms with E-state index in [1.807, 2.05) is 29.9 Å². The highest BCUT2D eigenvalue weighted by Crippen LogP contribution is 2.27. The van der Waals surface area contributed by atoms with Crippen LogP contribution in [0.2, 0.25) is 5.15 Å². The lowest BCUT2D eigenvalue weighted by atomic mass is 10.1. The van der Waals surface area contributed by atoms with Gasteiger partial charge in [0.2, 0.25) is 0 Å². The van der Waals surface area contributed by atoms with Crippen LogP contribution in [0.4, 0.5) is 11.6 Å². The molecule has 3 aromatic rings. The van der Waals surface area contributed by atoms with Crippen LogP contribution in [0, 0.1) is 0 Å². The largest absolute Gasteiger partial charge is 0.483 e. The van der Waals surface area contributed by atoms with Crippen molar-refractivity contribution in [1.29, 1.82) is 0 Å². The van der Waals surface area contributed by atoms with Gasteiger partial charge in [0.05, 0.1) is 18.7 Å². The van der Waals surface area contributed by atoms with Gasteiger partial charge in [-0.3, -0.25) is 14.4 Å². The van der Waals surface area contributed by atoms with Crippen LogP contribution in [0.5, 0.6) is 5.75 Å². The Hall–Kier alpha value is -4.17. The van der Waals surface area contributed by atoms with Gasteiger partial charge in [-0.25, -0.2) is 19.1 Å². The molecular weight excluding hydrogens is 576 g/mol. The van der Waals surface area contributed by atoms with Gasteiger partial charge in [0, 0.05) is 24.7 Å². The van der Waals surface area contributed by atoms with E-state index in [-0.39, 0.29) is 53.5 Å². The van der Waals surface area contributed by atoms with E-state index < -0.39 is 5.91 Å². The van der Waals surface area contributed by atoms with Gasteiger partial charge in [-0.1, -0.05) is 11.6 Å². The topological polar surface area (TPSA) is 186 Å². The maximum absolute atomic E-state index is 13.1. The number of carbonyl (C=O) groups is 3. The van der Waals surface area contributed by atoms with Gasteiger partial charge in [-0.15, -0.1) is 0 Å². The van der Waals surface area contributed by atoms with Crippen molar-refractivity contribution in [3.8, 4) is 5.75 Å². The van der Waals surface area contributed by atoms with E-state index in [0.717, 1.165) is 42.8 Å². The summed E-state index contributed by atoms with van der Waals surface area (Å²) in [5.74, 6) is -0.253. The van der Waals surface area contributed by atoms with Crippen molar-refractivity contribution >= 4 is 52.0 Å². The van der Waals surface area contributed by atoms with Crippen LogP contribution >= 0.6 is 11.6 Å². The number of aromatic nitrogens is 4. The molecule has 2 aromatic heterocycles. The predicted molar refractivity (Wildman–Crippen MR) is 163 cm³/mol. The van der Waals surface area contributed by atoms with Crippen molar-refractivity contribution in [2.24, 2.45) is 0 Å². The number of piperidine rings is 1. The number of likely N-dealkylation sites (tertiary alicyclic amines) is 1. The number of nitrogens with zero attached hydrogens (tertiary/aromatic N) is 5. The summed E-state index contributed by atoms with van der Waals surface area (Å²) in [5, 5.41) is 8.59.